The van der Waals surface area contributed by atoms with Gasteiger partial charge in [-0.05, 0) is 62.5 Å². The first-order valence-corrected chi connectivity index (χ1v) is 11.0. The second-order valence-corrected chi connectivity index (χ2v) is 9.80. The van der Waals surface area contributed by atoms with Gasteiger partial charge in [-0.15, -0.1) is 0 Å². The molecule has 1 aromatic rings. The number of nitrogens with zero attached hydrogens (tertiary/aromatic N) is 2. The second-order valence-electron chi connectivity index (χ2n) is 9.80. The van der Waals surface area contributed by atoms with Crippen LogP contribution in [0.1, 0.15) is 71.4 Å². The molecule has 0 saturated carbocycles. The molecule has 2 aliphatic heterocycles. The van der Waals surface area contributed by atoms with Gasteiger partial charge in [-0.3, -0.25) is 0 Å². The van der Waals surface area contributed by atoms with Gasteiger partial charge in [-0.25, -0.2) is 4.79 Å². The predicted octanol–water partition coefficient (Wildman–Crippen LogP) is 4.59. The monoisotopic (exact) mass is 386 g/mol. The first-order valence-electron chi connectivity index (χ1n) is 11.0. The molecule has 2 saturated heterocycles. The predicted molar refractivity (Wildman–Crippen MR) is 115 cm³/mol. The third-order valence-electron chi connectivity index (χ3n) is 7.38. The van der Waals surface area contributed by atoms with Crippen molar-refractivity contribution in [1.29, 1.82) is 0 Å². The Morgan fingerprint density at radius 3 is 2.32 bits per heavy atom. The number of aliphatic hydroxyl groups is 1. The van der Waals surface area contributed by atoms with Crippen molar-refractivity contribution in [3.8, 4) is 0 Å². The number of carbonyl (C=O) groups excluding carboxylic acids is 1. The normalized spacial score (nSPS) is 28.3. The Morgan fingerprint density at radius 1 is 1.07 bits per heavy atom. The maximum Gasteiger partial charge on any atom is 0.320 e. The van der Waals surface area contributed by atoms with Crippen LogP contribution in [0.3, 0.4) is 0 Å². The third-order valence-corrected chi connectivity index (χ3v) is 7.38. The lowest BCUT2D eigenvalue weighted by Crippen LogP contribution is -2.66. The summed E-state index contributed by atoms with van der Waals surface area (Å²) in [4.78, 5) is 17.5. The Bertz CT molecular complexity index is 691. The van der Waals surface area contributed by atoms with Gasteiger partial charge in [0.05, 0.1) is 0 Å². The minimum Gasteiger partial charge on any atom is -0.394 e. The average Bonchev–Trinajstić information content (AvgIpc) is 2.64. The van der Waals surface area contributed by atoms with Crippen LogP contribution in [0.4, 0.5) is 4.79 Å². The number of hydrogen-bond acceptors (Lipinski definition) is 2. The Balaban J connectivity index is 0.000000516. The van der Waals surface area contributed by atoms with E-state index in [9.17, 15) is 4.79 Å². The second kappa shape index (κ2) is 8.06. The summed E-state index contributed by atoms with van der Waals surface area (Å²) in [5.41, 5.74) is 3.22. The molecule has 2 fully saturated rings. The first kappa shape index (κ1) is 21.2. The Kier molecular flexibility index (Phi) is 6.09. The van der Waals surface area contributed by atoms with Gasteiger partial charge in [-0.2, -0.15) is 0 Å². The van der Waals surface area contributed by atoms with E-state index in [0.717, 1.165) is 45.3 Å². The van der Waals surface area contributed by atoms with E-state index < -0.39 is 0 Å². The summed E-state index contributed by atoms with van der Waals surface area (Å²) in [6.45, 7) is 13.4. The van der Waals surface area contributed by atoms with Crippen molar-refractivity contribution in [1.82, 2.24) is 9.80 Å². The number of aliphatic hydroxyl groups excluding tert-OH is 1. The highest BCUT2D eigenvalue weighted by Gasteiger charge is 2.57. The lowest BCUT2D eigenvalue weighted by atomic mass is 9.51. The molecule has 0 aromatic heterocycles. The number of rotatable bonds is 0. The first-order chi connectivity index (χ1) is 13.2. The molecule has 0 radical (unpaired) electrons. The number of piperidine rings is 2. The van der Waals surface area contributed by atoms with Crippen molar-refractivity contribution >= 4 is 6.03 Å². The number of hydrogen-bond donors (Lipinski definition) is 1. The highest BCUT2D eigenvalue weighted by atomic mass is 16.3. The molecule has 1 N–H and O–H groups in total. The van der Waals surface area contributed by atoms with Gasteiger partial charge in [0.1, 0.15) is 0 Å². The van der Waals surface area contributed by atoms with Crippen LogP contribution in [0.15, 0.2) is 24.3 Å². The molecule has 4 nitrogen and oxygen atoms in total. The summed E-state index contributed by atoms with van der Waals surface area (Å²) < 4.78 is 0. The maximum atomic E-state index is 13.2. The molecular weight excluding hydrogens is 348 g/mol. The highest BCUT2D eigenvalue weighted by molar-refractivity contribution is 5.75. The Labute approximate surface area is 170 Å². The van der Waals surface area contributed by atoms with Crippen LogP contribution in [0.25, 0.3) is 0 Å². The fraction of sp³-hybridized carbons (Fsp3) is 0.708. The summed E-state index contributed by atoms with van der Waals surface area (Å²) in [5, 5.41) is 8.06. The Hall–Kier alpha value is -1.55. The van der Waals surface area contributed by atoms with Crippen molar-refractivity contribution in [2.45, 2.75) is 84.3 Å². The largest absolute Gasteiger partial charge is 0.394 e. The van der Waals surface area contributed by atoms with Crippen molar-refractivity contribution in [3.05, 3.63) is 35.4 Å². The molecule has 2 atom stereocenters. The third kappa shape index (κ3) is 3.68. The summed E-state index contributed by atoms with van der Waals surface area (Å²) >= 11 is 0. The summed E-state index contributed by atoms with van der Waals surface area (Å²) in [5.74, 6) is 0. The van der Waals surface area contributed by atoms with E-state index in [2.05, 4.69) is 54.8 Å². The quantitative estimate of drug-likeness (QED) is 0.708. The Morgan fingerprint density at radius 2 is 1.68 bits per heavy atom. The molecule has 0 spiro atoms. The molecule has 2 heterocycles. The van der Waals surface area contributed by atoms with Gasteiger partial charge in [0.2, 0.25) is 0 Å². The molecule has 156 valence electrons. The number of benzene rings is 1. The lowest BCUT2D eigenvalue weighted by molar-refractivity contribution is -0.0242. The van der Waals surface area contributed by atoms with Crippen molar-refractivity contribution < 1.29 is 9.90 Å². The highest BCUT2D eigenvalue weighted by Crippen LogP contribution is 2.56. The van der Waals surface area contributed by atoms with E-state index in [1.54, 1.807) is 13.8 Å². The SMILES string of the molecule is CC(C)O.CC12CCN(C(=O)N3CCCCC3)C(Cc3ccccc31)C2(C)C. The van der Waals surface area contributed by atoms with Crippen molar-refractivity contribution in [2.24, 2.45) is 5.41 Å². The smallest absolute Gasteiger partial charge is 0.320 e. The molecule has 2 bridgehead atoms. The zero-order chi connectivity index (χ0) is 20.5. The fourth-order valence-corrected chi connectivity index (χ4v) is 5.37. The number of amides is 2. The van der Waals surface area contributed by atoms with Gasteiger partial charge < -0.3 is 14.9 Å². The summed E-state index contributed by atoms with van der Waals surface area (Å²) in [6.07, 6.45) is 5.48. The van der Waals surface area contributed by atoms with Gasteiger partial charge in [-0.1, -0.05) is 45.0 Å². The van der Waals surface area contributed by atoms with Gasteiger partial charge >= 0.3 is 6.03 Å². The molecule has 1 aromatic carbocycles. The van der Waals surface area contributed by atoms with Crippen LogP contribution in [0.5, 0.6) is 0 Å². The molecule has 1 aliphatic carbocycles. The van der Waals surface area contributed by atoms with E-state index in [1.807, 2.05) is 0 Å². The number of carbonyl (C=O) groups is 1. The summed E-state index contributed by atoms with van der Waals surface area (Å²) in [6, 6.07) is 9.49. The minimum atomic E-state index is -0.167. The van der Waals surface area contributed by atoms with Gasteiger partial charge in [0.25, 0.3) is 0 Å². The van der Waals surface area contributed by atoms with E-state index >= 15 is 0 Å². The maximum absolute atomic E-state index is 13.2. The molecular formula is C24H38N2O2. The molecule has 2 unspecified atom stereocenters. The van der Waals surface area contributed by atoms with E-state index in [0.29, 0.717) is 6.04 Å². The molecule has 28 heavy (non-hydrogen) atoms. The average molecular weight is 387 g/mol. The number of likely N-dealkylation sites (tertiary alicyclic amines) is 2. The van der Waals surface area contributed by atoms with Crippen LogP contribution < -0.4 is 0 Å². The van der Waals surface area contributed by atoms with Crippen LogP contribution in [-0.4, -0.2) is 52.7 Å². The van der Waals surface area contributed by atoms with Gasteiger partial charge in [0.15, 0.2) is 0 Å². The van der Waals surface area contributed by atoms with Crippen LogP contribution >= 0.6 is 0 Å². The summed E-state index contributed by atoms with van der Waals surface area (Å²) in [7, 11) is 0. The number of fused-ring (bicyclic) bond motifs is 4. The van der Waals surface area contributed by atoms with E-state index in [-0.39, 0.29) is 23.0 Å². The molecule has 4 rings (SSSR count). The number of urea groups is 1. The van der Waals surface area contributed by atoms with Crippen LogP contribution in [-0.2, 0) is 11.8 Å². The zero-order valence-electron chi connectivity index (χ0n) is 18.4. The fourth-order valence-electron chi connectivity index (χ4n) is 5.37. The minimum absolute atomic E-state index is 0.102. The van der Waals surface area contributed by atoms with E-state index in [1.165, 1.54) is 17.5 Å². The van der Waals surface area contributed by atoms with Gasteiger partial charge in [0, 0.05) is 37.2 Å². The van der Waals surface area contributed by atoms with Crippen LogP contribution in [0, 0.1) is 5.41 Å². The molecule has 2 amide bonds. The topological polar surface area (TPSA) is 43.8 Å². The molecule has 3 aliphatic rings. The standard InChI is InChI=1S/C21H30N2O.C3H8O/c1-20(2)18-15-16-9-5-6-10-17(16)21(20,3)11-14-23(18)19(24)22-12-7-4-8-13-22;1-3(2)4/h5-6,9-10,18H,4,7-8,11-15H2,1-3H3;3-4H,1-2H3. The van der Waals surface area contributed by atoms with Crippen molar-refractivity contribution in [3.63, 3.8) is 0 Å². The lowest BCUT2D eigenvalue weighted by Gasteiger charge is -2.61. The van der Waals surface area contributed by atoms with Crippen LogP contribution in [0.2, 0.25) is 0 Å². The zero-order valence-corrected chi connectivity index (χ0v) is 18.4. The molecule has 4 heteroatoms. The van der Waals surface area contributed by atoms with E-state index in [4.69, 9.17) is 5.11 Å². The van der Waals surface area contributed by atoms with Crippen molar-refractivity contribution in [2.75, 3.05) is 19.6 Å².